The highest BCUT2D eigenvalue weighted by Gasteiger charge is 2.06. The minimum absolute atomic E-state index is 0.0841. The topological polar surface area (TPSA) is 29.5 Å². The van der Waals surface area contributed by atoms with Crippen LogP contribution in [-0.4, -0.2) is 11.7 Å². The van der Waals surface area contributed by atoms with E-state index >= 15 is 0 Å². The summed E-state index contributed by atoms with van der Waals surface area (Å²) in [4.78, 5) is 0. The number of aliphatic hydroxyl groups excluding tert-OH is 1. The predicted molar refractivity (Wildman–Crippen MR) is 66.9 cm³/mol. The van der Waals surface area contributed by atoms with Gasteiger partial charge in [0.2, 0.25) is 0 Å². The van der Waals surface area contributed by atoms with E-state index in [9.17, 15) is 5.11 Å². The molecule has 16 heavy (non-hydrogen) atoms. The second kappa shape index (κ2) is 6.77. The lowest BCUT2D eigenvalue weighted by molar-refractivity contribution is 0.258. The van der Waals surface area contributed by atoms with Crippen molar-refractivity contribution in [1.29, 1.82) is 0 Å². The van der Waals surface area contributed by atoms with Crippen molar-refractivity contribution in [3.8, 4) is 5.75 Å². The second-order valence-corrected chi connectivity index (χ2v) is 4.67. The summed E-state index contributed by atoms with van der Waals surface area (Å²) < 4.78 is 5.61. The molecule has 0 unspecified atom stereocenters. The number of hydrogen-bond acceptors (Lipinski definition) is 2. The number of aliphatic hydroxyl groups is 1. The van der Waals surface area contributed by atoms with E-state index in [-0.39, 0.29) is 6.61 Å². The van der Waals surface area contributed by atoms with E-state index in [0.29, 0.717) is 28.9 Å². The van der Waals surface area contributed by atoms with Crippen molar-refractivity contribution >= 4 is 11.6 Å². The van der Waals surface area contributed by atoms with Crippen molar-refractivity contribution in [3.05, 3.63) is 28.8 Å². The Balaban J connectivity index is 2.50. The van der Waals surface area contributed by atoms with E-state index in [1.165, 1.54) is 0 Å². The van der Waals surface area contributed by atoms with Gasteiger partial charge in [-0.25, -0.2) is 0 Å². The van der Waals surface area contributed by atoms with Gasteiger partial charge >= 0.3 is 0 Å². The summed E-state index contributed by atoms with van der Waals surface area (Å²) in [5.74, 6) is 1.39. The van der Waals surface area contributed by atoms with E-state index in [1.54, 1.807) is 6.07 Å². The lowest BCUT2D eigenvalue weighted by atomic mass is 10.1. The van der Waals surface area contributed by atoms with Crippen LogP contribution in [0.4, 0.5) is 0 Å². The van der Waals surface area contributed by atoms with Crippen LogP contribution in [0.2, 0.25) is 5.02 Å². The third-order valence-corrected chi connectivity index (χ3v) is 2.77. The summed E-state index contributed by atoms with van der Waals surface area (Å²) in [6, 6.07) is 5.43. The van der Waals surface area contributed by atoms with Gasteiger partial charge < -0.3 is 9.84 Å². The van der Waals surface area contributed by atoms with Gasteiger partial charge in [-0.2, -0.15) is 0 Å². The molecule has 0 saturated carbocycles. The Bertz CT molecular complexity index is 324. The molecule has 0 radical (unpaired) electrons. The molecule has 0 heterocycles. The first-order valence-electron chi connectivity index (χ1n) is 5.66. The molecule has 1 N–H and O–H groups in total. The lowest BCUT2D eigenvalue weighted by Crippen LogP contribution is -2.02. The zero-order chi connectivity index (χ0) is 12.0. The molecule has 0 fully saturated rings. The van der Waals surface area contributed by atoms with Crippen LogP contribution >= 0.6 is 11.6 Å². The highest BCUT2D eigenvalue weighted by atomic mass is 35.5. The molecule has 1 rings (SSSR count). The van der Waals surface area contributed by atoms with E-state index in [2.05, 4.69) is 13.8 Å². The Kier molecular flexibility index (Phi) is 5.64. The average molecular weight is 243 g/mol. The first kappa shape index (κ1) is 13.3. The molecule has 0 bridgehead atoms. The SMILES string of the molecule is CC(C)CCCOc1cccc(Cl)c1CO. The summed E-state index contributed by atoms with van der Waals surface area (Å²) >= 11 is 5.95. The molecular weight excluding hydrogens is 224 g/mol. The number of hydrogen-bond donors (Lipinski definition) is 1. The molecule has 1 aromatic rings. The van der Waals surface area contributed by atoms with Crippen LogP contribution in [0.1, 0.15) is 32.3 Å². The average Bonchev–Trinajstić information content (AvgIpc) is 2.24. The molecule has 90 valence electrons. The fourth-order valence-electron chi connectivity index (χ4n) is 1.50. The molecule has 0 aliphatic heterocycles. The molecule has 0 atom stereocenters. The zero-order valence-electron chi connectivity index (χ0n) is 9.87. The maximum atomic E-state index is 9.18. The third kappa shape index (κ3) is 4.03. The number of benzene rings is 1. The molecule has 0 aliphatic carbocycles. The standard InChI is InChI=1S/C13H19ClO2/c1-10(2)5-4-8-16-13-7-3-6-12(14)11(13)9-15/h3,6-7,10,15H,4-5,8-9H2,1-2H3. The molecule has 3 heteroatoms. The number of rotatable bonds is 6. The van der Waals surface area contributed by atoms with Gasteiger partial charge in [-0.15, -0.1) is 0 Å². The van der Waals surface area contributed by atoms with Gasteiger partial charge in [-0.3, -0.25) is 0 Å². The van der Waals surface area contributed by atoms with Gasteiger partial charge in [0.25, 0.3) is 0 Å². The second-order valence-electron chi connectivity index (χ2n) is 4.26. The highest BCUT2D eigenvalue weighted by Crippen LogP contribution is 2.26. The fraction of sp³-hybridized carbons (Fsp3) is 0.538. The Hall–Kier alpha value is -0.730. The summed E-state index contributed by atoms with van der Waals surface area (Å²) in [6.07, 6.45) is 2.17. The van der Waals surface area contributed by atoms with Gasteiger partial charge in [0.15, 0.2) is 0 Å². The van der Waals surface area contributed by atoms with Gasteiger partial charge in [0.05, 0.1) is 13.2 Å². The minimum atomic E-state index is -0.0841. The number of halogens is 1. The zero-order valence-corrected chi connectivity index (χ0v) is 10.6. The highest BCUT2D eigenvalue weighted by molar-refractivity contribution is 6.31. The van der Waals surface area contributed by atoms with Gasteiger partial charge in [-0.05, 0) is 30.9 Å². The molecule has 0 aromatic heterocycles. The van der Waals surface area contributed by atoms with E-state index in [0.717, 1.165) is 12.8 Å². The summed E-state index contributed by atoms with van der Waals surface area (Å²) in [5, 5.41) is 9.74. The van der Waals surface area contributed by atoms with Crippen LogP contribution in [0.3, 0.4) is 0 Å². The number of ether oxygens (including phenoxy) is 1. The molecule has 1 aromatic carbocycles. The monoisotopic (exact) mass is 242 g/mol. The molecule has 0 saturated heterocycles. The van der Waals surface area contributed by atoms with Crippen molar-refractivity contribution in [2.75, 3.05) is 6.61 Å². The van der Waals surface area contributed by atoms with Crippen molar-refractivity contribution in [3.63, 3.8) is 0 Å². The van der Waals surface area contributed by atoms with E-state index in [4.69, 9.17) is 16.3 Å². The van der Waals surface area contributed by atoms with Crippen LogP contribution in [0.5, 0.6) is 5.75 Å². The van der Waals surface area contributed by atoms with Gasteiger partial charge in [0, 0.05) is 10.6 Å². The van der Waals surface area contributed by atoms with Crippen LogP contribution in [0, 0.1) is 5.92 Å². The lowest BCUT2D eigenvalue weighted by Gasteiger charge is -2.11. The van der Waals surface area contributed by atoms with E-state index < -0.39 is 0 Å². The van der Waals surface area contributed by atoms with Crippen molar-refractivity contribution in [2.24, 2.45) is 5.92 Å². The summed E-state index contributed by atoms with van der Waals surface area (Å²) in [5.41, 5.74) is 0.675. The van der Waals surface area contributed by atoms with Crippen LogP contribution in [-0.2, 0) is 6.61 Å². The normalized spacial score (nSPS) is 10.8. The maximum absolute atomic E-state index is 9.18. The van der Waals surface area contributed by atoms with Crippen molar-refractivity contribution in [1.82, 2.24) is 0 Å². The maximum Gasteiger partial charge on any atom is 0.126 e. The quantitative estimate of drug-likeness (QED) is 0.772. The Morgan fingerprint density at radius 1 is 1.38 bits per heavy atom. The Morgan fingerprint density at radius 3 is 2.75 bits per heavy atom. The summed E-state index contributed by atoms with van der Waals surface area (Å²) in [6.45, 7) is 4.97. The largest absolute Gasteiger partial charge is 0.493 e. The van der Waals surface area contributed by atoms with Gasteiger partial charge in [0.1, 0.15) is 5.75 Å². The molecular formula is C13H19ClO2. The first-order chi connectivity index (χ1) is 7.65. The van der Waals surface area contributed by atoms with Crippen LogP contribution in [0.25, 0.3) is 0 Å². The van der Waals surface area contributed by atoms with Crippen molar-refractivity contribution in [2.45, 2.75) is 33.3 Å². The molecule has 2 nitrogen and oxygen atoms in total. The third-order valence-electron chi connectivity index (χ3n) is 2.42. The van der Waals surface area contributed by atoms with Crippen molar-refractivity contribution < 1.29 is 9.84 Å². The first-order valence-corrected chi connectivity index (χ1v) is 6.04. The molecule has 0 amide bonds. The Labute approximate surface area is 102 Å². The minimum Gasteiger partial charge on any atom is -0.493 e. The molecule has 0 spiro atoms. The van der Waals surface area contributed by atoms with E-state index in [1.807, 2.05) is 12.1 Å². The molecule has 0 aliphatic rings. The smallest absolute Gasteiger partial charge is 0.126 e. The Morgan fingerprint density at radius 2 is 2.12 bits per heavy atom. The fourth-order valence-corrected chi connectivity index (χ4v) is 1.73. The summed E-state index contributed by atoms with van der Waals surface area (Å²) in [7, 11) is 0. The van der Waals surface area contributed by atoms with Crippen LogP contribution < -0.4 is 4.74 Å². The van der Waals surface area contributed by atoms with Gasteiger partial charge in [-0.1, -0.05) is 31.5 Å². The van der Waals surface area contributed by atoms with Crippen LogP contribution in [0.15, 0.2) is 18.2 Å². The predicted octanol–water partition coefficient (Wildman–Crippen LogP) is 3.65.